The van der Waals surface area contributed by atoms with Gasteiger partial charge in [-0.3, -0.25) is 0 Å². The van der Waals surface area contributed by atoms with Crippen LogP contribution in [-0.4, -0.2) is 11.7 Å². The summed E-state index contributed by atoms with van der Waals surface area (Å²) in [4.78, 5) is 0. The van der Waals surface area contributed by atoms with Crippen LogP contribution in [0.5, 0.6) is 0 Å². The van der Waals surface area contributed by atoms with E-state index >= 15 is 0 Å². The highest BCUT2D eigenvalue weighted by atomic mass is 15.0. The molecule has 1 fully saturated rings. The average molecular weight is 101 g/mol. The van der Waals surface area contributed by atoms with Crippen LogP contribution in [0.3, 0.4) is 0 Å². The van der Waals surface area contributed by atoms with E-state index in [1.807, 2.05) is 0 Å². The molecule has 1 atom stereocenters. The second kappa shape index (κ2) is 1.18. The molecule has 6 N–H and O–H groups in total. The molecule has 0 aromatic carbocycles. The van der Waals surface area contributed by atoms with Gasteiger partial charge >= 0.3 is 0 Å². The Kier molecular flexibility index (Phi) is 0.849. The van der Waals surface area contributed by atoms with E-state index in [1.54, 1.807) is 0 Å². The van der Waals surface area contributed by atoms with Crippen molar-refractivity contribution in [2.75, 3.05) is 0 Å². The summed E-state index contributed by atoms with van der Waals surface area (Å²) in [7, 11) is 0. The Morgan fingerprint density at radius 3 is 1.86 bits per heavy atom. The number of rotatable bonds is 0. The lowest BCUT2D eigenvalue weighted by Crippen LogP contribution is -2.69. The Bertz CT molecular complexity index is 79.0. The van der Waals surface area contributed by atoms with E-state index in [0.717, 1.165) is 12.8 Å². The van der Waals surface area contributed by atoms with E-state index in [1.165, 1.54) is 0 Å². The minimum Gasteiger partial charge on any atom is -0.325 e. The molecular formula is C4H11N3. The minimum absolute atomic E-state index is 0.0347. The summed E-state index contributed by atoms with van der Waals surface area (Å²) in [5.41, 5.74) is 15.7. The highest BCUT2D eigenvalue weighted by Gasteiger charge is 2.36. The minimum atomic E-state index is -0.542. The number of nitrogens with two attached hydrogens (primary N) is 3. The summed E-state index contributed by atoms with van der Waals surface area (Å²) in [6.45, 7) is 0. The van der Waals surface area contributed by atoms with Crippen molar-refractivity contribution >= 4 is 0 Å². The molecule has 0 bridgehead atoms. The van der Waals surface area contributed by atoms with Crippen molar-refractivity contribution in [1.29, 1.82) is 0 Å². The lowest BCUT2D eigenvalue weighted by molar-refractivity contribution is 0.208. The van der Waals surface area contributed by atoms with Gasteiger partial charge in [0.05, 0.1) is 5.66 Å². The van der Waals surface area contributed by atoms with Crippen molar-refractivity contribution in [3.05, 3.63) is 0 Å². The van der Waals surface area contributed by atoms with Gasteiger partial charge in [-0.05, 0) is 12.8 Å². The molecule has 42 valence electrons. The largest absolute Gasteiger partial charge is 0.325 e. The zero-order valence-electron chi connectivity index (χ0n) is 4.22. The van der Waals surface area contributed by atoms with Gasteiger partial charge < -0.3 is 17.2 Å². The molecule has 7 heavy (non-hydrogen) atoms. The Hall–Kier alpha value is -0.120. The normalized spacial score (nSPS) is 37.3. The topological polar surface area (TPSA) is 78.1 Å². The third-order valence-electron chi connectivity index (χ3n) is 1.58. The van der Waals surface area contributed by atoms with Gasteiger partial charge in [0.25, 0.3) is 0 Å². The predicted molar refractivity (Wildman–Crippen MR) is 28.3 cm³/mol. The molecule has 0 saturated heterocycles. The molecule has 0 spiro atoms. The summed E-state index contributed by atoms with van der Waals surface area (Å²) in [6.07, 6.45) is 1.85. The third kappa shape index (κ3) is 0.627. The van der Waals surface area contributed by atoms with E-state index in [9.17, 15) is 0 Å². The maximum absolute atomic E-state index is 5.42. The fourth-order valence-corrected chi connectivity index (χ4v) is 0.644. The summed E-state index contributed by atoms with van der Waals surface area (Å²) in [6, 6.07) is 0.0347. The van der Waals surface area contributed by atoms with E-state index < -0.39 is 5.66 Å². The van der Waals surface area contributed by atoms with Crippen LogP contribution in [0.25, 0.3) is 0 Å². The van der Waals surface area contributed by atoms with Gasteiger partial charge in [-0.25, -0.2) is 0 Å². The van der Waals surface area contributed by atoms with Crippen molar-refractivity contribution in [2.24, 2.45) is 17.2 Å². The first-order chi connectivity index (χ1) is 3.13. The van der Waals surface area contributed by atoms with Crippen LogP contribution in [0.4, 0.5) is 0 Å². The lowest BCUT2D eigenvalue weighted by Gasteiger charge is -2.40. The smallest absolute Gasteiger partial charge is 0.0792 e. The van der Waals surface area contributed by atoms with Crippen molar-refractivity contribution < 1.29 is 0 Å². The van der Waals surface area contributed by atoms with Gasteiger partial charge in [-0.2, -0.15) is 0 Å². The van der Waals surface area contributed by atoms with E-state index in [0.29, 0.717) is 0 Å². The second-order valence-corrected chi connectivity index (χ2v) is 2.26. The molecule has 0 aliphatic heterocycles. The molecule has 0 amide bonds. The Morgan fingerprint density at radius 2 is 1.86 bits per heavy atom. The highest BCUT2D eigenvalue weighted by molar-refractivity contribution is 4.98. The third-order valence-corrected chi connectivity index (χ3v) is 1.58. The SMILES string of the molecule is NC1CCC1(N)N. The Morgan fingerprint density at radius 1 is 1.43 bits per heavy atom. The van der Waals surface area contributed by atoms with Crippen molar-refractivity contribution in [1.82, 2.24) is 0 Å². The van der Waals surface area contributed by atoms with Gasteiger partial charge in [0.15, 0.2) is 0 Å². The predicted octanol–water partition coefficient (Wildman–Crippen LogP) is -1.28. The number of hydrogen-bond donors (Lipinski definition) is 3. The summed E-state index contributed by atoms with van der Waals surface area (Å²) < 4.78 is 0. The summed E-state index contributed by atoms with van der Waals surface area (Å²) in [5, 5.41) is 0. The zero-order valence-corrected chi connectivity index (χ0v) is 4.22. The monoisotopic (exact) mass is 101 g/mol. The van der Waals surface area contributed by atoms with Crippen LogP contribution in [0.15, 0.2) is 0 Å². The first-order valence-corrected chi connectivity index (χ1v) is 2.46. The Labute approximate surface area is 42.8 Å². The van der Waals surface area contributed by atoms with Crippen LogP contribution in [0.1, 0.15) is 12.8 Å². The van der Waals surface area contributed by atoms with Gasteiger partial charge in [0, 0.05) is 6.04 Å². The zero-order chi connectivity index (χ0) is 5.49. The molecular weight excluding hydrogens is 90.1 g/mol. The van der Waals surface area contributed by atoms with Crippen molar-refractivity contribution in [2.45, 2.75) is 24.5 Å². The molecule has 0 heterocycles. The quantitative estimate of drug-likeness (QED) is 0.333. The molecule has 3 nitrogen and oxygen atoms in total. The Balaban J connectivity index is 2.43. The standard InChI is InChI=1S/C4H11N3/c5-3-1-2-4(3,6)7/h3H,1-2,5-7H2. The fourth-order valence-electron chi connectivity index (χ4n) is 0.644. The fraction of sp³-hybridized carbons (Fsp3) is 1.00. The average Bonchev–Trinajstić information content (AvgIpc) is 1.63. The van der Waals surface area contributed by atoms with Gasteiger partial charge in [-0.15, -0.1) is 0 Å². The van der Waals surface area contributed by atoms with E-state index in [2.05, 4.69) is 0 Å². The highest BCUT2D eigenvalue weighted by Crippen LogP contribution is 2.21. The van der Waals surface area contributed by atoms with Crippen LogP contribution in [0.2, 0.25) is 0 Å². The molecule has 1 aliphatic carbocycles. The van der Waals surface area contributed by atoms with E-state index in [-0.39, 0.29) is 6.04 Å². The molecule has 0 aromatic rings. The van der Waals surface area contributed by atoms with Gasteiger partial charge in [0.2, 0.25) is 0 Å². The maximum Gasteiger partial charge on any atom is 0.0792 e. The molecule has 1 unspecified atom stereocenters. The number of hydrogen-bond acceptors (Lipinski definition) is 3. The summed E-state index contributed by atoms with van der Waals surface area (Å²) >= 11 is 0. The molecule has 1 aliphatic rings. The van der Waals surface area contributed by atoms with Crippen LogP contribution >= 0.6 is 0 Å². The van der Waals surface area contributed by atoms with Gasteiger partial charge in [0.1, 0.15) is 0 Å². The molecule has 1 saturated carbocycles. The molecule has 3 heteroatoms. The molecule has 0 aromatic heterocycles. The van der Waals surface area contributed by atoms with Gasteiger partial charge in [-0.1, -0.05) is 0 Å². The van der Waals surface area contributed by atoms with Crippen molar-refractivity contribution in [3.8, 4) is 0 Å². The van der Waals surface area contributed by atoms with Crippen LogP contribution < -0.4 is 17.2 Å². The first kappa shape index (κ1) is 5.03. The van der Waals surface area contributed by atoms with E-state index in [4.69, 9.17) is 17.2 Å². The summed E-state index contributed by atoms with van der Waals surface area (Å²) in [5.74, 6) is 0. The van der Waals surface area contributed by atoms with Crippen molar-refractivity contribution in [3.63, 3.8) is 0 Å². The van der Waals surface area contributed by atoms with Crippen LogP contribution in [-0.2, 0) is 0 Å². The van der Waals surface area contributed by atoms with Crippen LogP contribution in [0, 0.1) is 0 Å². The maximum atomic E-state index is 5.42. The lowest BCUT2D eigenvalue weighted by atomic mass is 9.81. The molecule has 0 radical (unpaired) electrons. The first-order valence-electron chi connectivity index (χ1n) is 2.46. The molecule has 1 rings (SSSR count). The second-order valence-electron chi connectivity index (χ2n) is 2.26.